The van der Waals surface area contributed by atoms with E-state index in [1.165, 1.54) is 0 Å². The van der Waals surface area contributed by atoms with Gasteiger partial charge in [0, 0.05) is 14.2 Å². The number of nitrogens with one attached hydrogen (secondary N) is 1. The van der Waals surface area contributed by atoms with Gasteiger partial charge in [-0.25, -0.2) is 13.5 Å². The number of hydrogen-bond acceptors (Lipinski definition) is 7. The van der Waals surface area contributed by atoms with Crippen LogP contribution < -0.4 is 4.72 Å². The van der Waals surface area contributed by atoms with Gasteiger partial charge in [-0.05, 0) is 0 Å². The summed E-state index contributed by atoms with van der Waals surface area (Å²) >= 11 is 0. The van der Waals surface area contributed by atoms with Gasteiger partial charge in [-0.2, -0.15) is 21.6 Å². The Bertz CT molecular complexity index is 438. The Labute approximate surface area is 100 Å². The summed E-state index contributed by atoms with van der Waals surface area (Å²) in [6.45, 7) is -2.14. The van der Waals surface area contributed by atoms with Crippen molar-refractivity contribution < 1.29 is 44.2 Å². The molecule has 0 bridgehead atoms. The van der Waals surface area contributed by atoms with Gasteiger partial charge >= 0.3 is 29.7 Å². The lowest BCUT2D eigenvalue weighted by atomic mass is 10.7. The van der Waals surface area contributed by atoms with E-state index in [4.69, 9.17) is 0 Å². The Morgan fingerprint density at radius 1 is 1.28 bits per heavy atom. The number of rotatable bonds is 6. The van der Waals surface area contributed by atoms with Crippen molar-refractivity contribution in [3.8, 4) is 0 Å². The van der Waals surface area contributed by atoms with Gasteiger partial charge in [-0.1, -0.05) is 0 Å². The van der Waals surface area contributed by atoms with Crippen molar-refractivity contribution in [2.24, 2.45) is 0 Å². The SMILES string of the molecule is COP(=O)(OC)C(=O)NS(=O)(=O)OCC(F)(F)F. The van der Waals surface area contributed by atoms with Crippen LogP contribution in [0.4, 0.5) is 18.0 Å². The third kappa shape index (κ3) is 5.78. The first-order chi connectivity index (χ1) is 7.96. The zero-order valence-corrected chi connectivity index (χ0v) is 10.8. The number of carbonyl (C=O) groups is 1. The van der Waals surface area contributed by atoms with Crippen molar-refractivity contribution in [1.29, 1.82) is 0 Å². The average molecular weight is 315 g/mol. The van der Waals surface area contributed by atoms with Crippen LogP contribution in [-0.2, 0) is 28.1 Å². The van der Waals surface area contributed by atoms with Crippen molar-refractivity contribution in [3.63, 3.8) is 0 Å². The number of alkyl halides is 3. The largest absolute Gasteiger partial charge is 0.418 e. The molecule has 1 N–H and O–H groups in total. The molecule has 0 spiro atoms. The Hall–Kier alpha value is -0.680. The second-order valence-corrected chi connectivity index (χ2v) is 6.08. The molecule has 0 aromatic carbocycles. The first-order valence-corrected chi connectivity index (χ1v) is 6.91. The van der Waals surface area contributed by atoms with Gasteiger partial charge in [-0.15, -0.1) is 0 Å². The molecule has 18 heavy (non-hydrogen) atoms. The van der Waals surface area contributed by atoms with Gasteiger partial charge in [0.15, 0.2) is 6.61 Å². The molecule has 0 aliphatic heterocycles. The summed E-state index contributed by atoms with van der Waals surface area (Å²) in [6, 6.07) is 0. The lowest BCUT2D eigenvalue weighted by Crippen LogP contribution is -2.34. The molecule has 108 valence electrons. The second kappa shape index (κ2) is 5.97. The molecule has 0 aliphatic rings. The summed E-state index contributed by atoms with van der Waals surface area (Å²) < 4.78 is 80.8. The highest BCUT2D eigenvalue weighted by atomic mass is 32.2. The molecule has 0 saturated heterocycles. The van der Waals surface area contributed by atoms with Crippen LogP contribution in [0.15, 0.2) is 0 Å². The lowest BCUT2D eigenvalue weighted by molar-refractivity contribution is -0.152. The first-order valence-electron chi connectivity index (χ1n) is 3.96. The molecule has 0 atom stereocenters. The predicted molar refractivity (Wildman–Crippen MR) is 51.1 cm³/mol. The average Bonchev–Trinajstić information content (AvgIpc) is 2.24. The molecule has 1 amide bonds. The first kappa shape index (κ1) is 17.3. The quantitative estimate of drug-likeness (QED) is 0.728. The van der Waals surface area contributed by atoms with Crippen LogP contribution in [0.25, 0.3) is 0 Å². The summed E-state index contributed by atoms with van der Waals surface area (Å²) in [5, 5.41) is 0. The summed E-state index contributed by atoms with van der Waals surface area (Å²) in [4.78, 5) is 11.1. The molecule has 8 nitrogen and oxygen atoms in total. The maximum Gasteiger partial charge on any atom is 0.418 e. The summed E-state index contributed by atoms with van der Waals surface area (Å²) in [7, 11) is -7.92. The van der Waals surface area contributed by atoms with Gasteiger partial charge in [0.25, 0.3) is 0 Å². The van der Waals surface area contributed by atoms with Crippen molar-refractivity contribution in [2.75, 3.05) is 20.8 Å². The van der Waals surface area contributed by atoms with E-state index in [1.54, 1.807) is 0 Å². The summed E-state index contributed by atoms with van der Waals surface area (Å²) in [5.41, 5.74) is -1.77. The molecule has 0 aromatic heterocycles. The van der Waals surface area contributed by atoms with Crippen molar-refractivity contribution in [1.82, 2.24) is 4.72 Å². The molecule has 13 heteroatoms. The lowest BCUT2D eigenvalue weighted by Gasteiger charge is -2.13. The van der Waals surface area contributed by atoms with Crippen LogP contribution in [0.1, 0.15) is 0 Å². The van der Waals surface area contributed by atoms with Crippen molar-refractivity contribution in [2.45, 2.75) is 6.18 Å². The highest BCUT2D eigenvalue weighted by molar-refractivity contribution is 7.87. The summed E-state index contributed by atoms with van der Waals surface area (Å²) in [5.74, 6) is 0. The monoisotopic (exact) mass is 315 g/mol. The van der Waals surface area contributed by atoms with E-state index < -0.39 is 36.3 Å². The van der Waals surface area contributed by atoms with Crippen LogP contribution in [-0.4, -0.2) is 41.1 Å². The zero-order chi connectivity index (χ0) is 14.6. The van der Waals surface area contributed by atoms with Crippen LogP contribution >= 0.6 is 7.60 Å². The molecule has 0 aromatic rings. The second-order valence-electron chi connectivity index (χ2n) is 2.60. The minimum absolute atomic E-state index is 0.785. The van der Waals surface area contributed by atoms with Gasteiger partial charge in [0.1, 0.15) is 0 Å². The molecule has 0 radical (unpaired) electrons. The number of carbonyl (C=O) groups excluding carboxylic acids is 1. The molecular weight excluding hydrogens is 306 g/mol. The maximum absolute atomic E-state index is 11.7. The highest BCUT2D eigenvalue weighted by Crippen LogP contribution is 2.47. The van der Waals surface area contributed by atoms with Gasteiger partial charge in [0.05, 0.1) is 0 Å². The number of halogens is 3. The minimum atomic E-state index is -5.07. The van der Waals surface area contributed by atoms with Crippen LogP contribution in [0.3, 0.4) is 0 Å². The van der Waals surface area contributed by atoms with Crippen LogP contribution in [0, 0.1) is 0 Å². The van der Waals surface area contributed by atoms with E-state index in [-0.39, 0.29) is 0 Å². The zero-order valence-electron chi connectivity index (χ0n) is 9.05. The number of hydrogen-bond donors (Lipinski definition) is 1. The molecule has 0 aliphatic carbocycles. The molecule has 0 fully saturated rings. The van der Waals surface area contributed by atoms with Gasteiger partial charge in [-0.3, -0.25) is 4.79 Å². The van der Waals surface area contributed by atoms with Crippen LogP contribution in [0.5, 0.6) is 0 Å². The smallest absolute Gasteiger partial charge is 0.305 e. The minimum Gasteiger partial charge on any atom is -0.305 e. The number of amides is 1. The van der Waals surface area contributed by atoms with Crippen molar-refractivity contribution in [3.05, 3.63) is 0 Å². The molecule has 0 heterocycles. The Morgan fingerprint density at radius 2 is 1.72 bits per heavy atom. The molecular formula is C5H9F3NO7PS. The Kier molecular flexibility index (Phi) is 5.75. The molecule has 0 unspecified atom stereocenters. The van der Waals surface area contributed by atoms with E-state index in [9.17, 15) is 30.9 Å². The fourth-order valence-electron chi connectivity index (χ4n) is 0.577. The normalized spacial score (nSPS) is 13.4. The van der Waals surface area contributed by atoms with Gasteiger partial charge in [0.2, 0.25) is 0 Å². The molecule has 0 saturated carbocycles. The van der Waals surface area contributed by atoms with E-state index in [0.29, 0.717) is 0 Å². The van der Waals surface area contributed by atoms with E-state index in [1.807, 2.05) is 0 Å². The van der Waals surface area contributed by atoms with E-state index in [2.05, 4.69) is 13.2 Å². The predicted octanol–water partition coefficient (Wildman–Crippen LogP) is 1.01. The Morgan fingerprint density at radius 3 is 2.06 bits per heavy atom. The highest BCUT2D eigenvalue weighted by Gasteiger charge is 2.37. The fourth-order valence-corrected chi connectivity index (χ4v) is 2.40. The van der Waals surface area contributed by atoms with Crippen molar-refractivity contribution >= 4 is 23.5 Å². The third-order valence-corrected chi connectivity index (χ3v) is 3.91. The summed E-state index contributed by atoms with van der Waals surface area (Å²) in [6.07, 6.45) is -4.91. The topological polar surface area (TPSA) is 108 Å². The molecule has 0 rings (SSSR count). The van der Waals surface area contributed by atoms with Crippen LogP contribution in [0.2, 0.25) is 0 Å². The van der Waals surface area contributed by atoms with E-state index in [0.717, 1.165) is 18.9 Å². The third-order valence-electron chi connectivity index (χ3n) is 1.32. The standard InChI is InChI=1S/C5H9F3NO7PS/c1-14-17(11,15-2)4(10)9-18(12,13)16-3-5(6,7)8/h3H2,1-2H3,(H,9,10). The van der Waals surface area contributed by atoms with Gasteiger partial charge < -0.3 is 9.05 Å². The maximum atomic E-state index is 11.7. The van der Waals surface area contributed by atoms with E-state index >= 15 is 0 Å². The Balaban J connectivity index is 4.70. The fraction of sp³-hybridized carbons (Fsp3) is 0.800.